The van der Waals surface area contributed by atoms with Crippen molar-refractivity contribution >= 4 is 17.2 Å². The Kier molecular flexibility index (Phi) is 5.28. The Morgan fingerprint density at radius 1 is 0.906 bits per heavy atom. The fraction of sp³-hybridized carbons (Fsp3) is 0.0400. The molecule has 0 spiro atoms. The fourth-order valence-corrected chi connectivity index (χ4v) is 3.26. The van der Waals surface area contributed by atoms with E-state index in [1.54, 1.807) is 10.9 Å². The van der Waals surface area contributed by atoms with Crippen LogP contribution < -0.4 is 10.3 Å². The molecule has 0 aliphatic carbocycles. The zero-order valence-corrected chi connectivity index (χ0v) is 17.1. The smallest absolute Gasteiger partial charge is 0.285 e. The van der Waals surface area contributed by atoms with Crippen LogP contribution in [0, 0.1) is 0 Å². The van der Waals surface area contributed by atoms with Crippen LogP contribution >= 0.6 is 0 Å². The third-order valence-electron chi connectivity index (χ3n) is 4.93. The minimum atomic E-state index is -0.281. The lowest BCUT2D eigenvalue weighted by Gasteiger charge is -2.06. The van der Waals surface area contributed by atoms with Crippen molar-refractivity contribution in [2.75, 3.05) is 0 Å². The van der Waals surface area contributed by atoms with Crippen molar-refractivity contribution in [3.8, 4) is 11.4 Å². The molecular weight excluding hydrogens is 402 g/mol. The normalized spacial score (nSPS) is 11.2. The van der Waals surface area contributed by atoms with Crippen LogP contribution in [0.4, 0.5) is 0 Å². The number of nitrogens with zero attached hydrogens (tertiary/aromatic N) is 5. The van der Waals surface area contributed by atoms with Gasteiger partial charge in [0.1, 0.15) is 24.1 Å². The van der Waals surface area contributed by atoms with Gasteiger partial charge in [-0.1, -0.05) is 48.5 Å². The van der Waals surface area contributed by atoms with E-state index in [9.17, 15) is 4.79 Å². The molecule has 156 valence electrons. The number of benzene rings is 3. The highest BCUT2D eigenvalue weighted by atomic mass is 16.5. The van der Waals surface area contributed by atoms with Gasteiger partial charge in [-0.3, -0.25) is 4.79 Å². The van der Waals surface area contributed by atoms with Crippen LogP contribution in [0.2, 0.25) is 0 Å². The van der Waals surface area contributed by atoms with Crippen molar-refractivity contribution in [3.05, 3.63) is 119 Å². The second kappa shape index (κ2) is 8.69. The Labute approximate surface area is 183 Å². The number of ether oxygens (including phenoxy) is 1. The topological polar surface area (TPSA) is 74.3 Å². The highest BCUT2D eigenvalue weighted by molar-refractivity contribution is 5.80. The van der Waals surface area contributed by atoms with Crippen LogP contribution in [0.25, 0.3) is 16.7 Å². The first kappa shape index (κ1) is 19.4. The summed E-state index contributed by atoms with van der Waals surface area (Å²) in [6, 6.07) is 27.1. The van der Waals surface area contributed by atoms with E-state index in [1.807, 2.05) is 84.9 Å². The van der Waals surface area contributed by atoms with E-state index in [2.05, 4.69) is 15.2 Å². The number of hydrogen-bond acceptors (Lipinski definition) is 5. The molecule has 0 unspecified atom stereocenters. The molecule has 3 aromatic carbocycles. The van der Waals surface area contributed by atoms with E-state index in [-0.39, 0.29) is 5.56 Å². The second-order valence-corrected chi connectivity index (χ2v) is 7.11. The summed E-state index contributed by atoms with van der Waals surface area (Å²) in [5, 5.41) is 8.98. The number of para-hydroxylation sites is 1. The van der Waals surface area contributed by atoms with Gasteiger partial charge in [-0.2, -0.15) is 14.9 Å². The molecule has 5 rings (SSSR count). The van der Waals surface area contributed by atoms with Gasteiger partial charge in [0, 0.05) is 0 Å². The highest BCUT2D eigenvalue weighted by Gasteiger charge is 2.10. The Hall–Kier alpha value is -4.52. The monoisotopic (exact) mass is 421 g/mol. The summed E-state index contributed by atoms with van der Waals surface area (Å²) in [5.74, 6) is 0.764. The molecule has 7 nitrogen and oxygen atoms in total. The van der Waals surface area contributed by atoms with Crippen molar-refractivity contribution in [1.82, 2.24) is 19.4 Å². The van der Waals surface area contributed by atoms with Gasteiger partial charge in [0.2, 0.25) is 0 Å². The van der Waals surface area contributed by atoms with Gasteiger partial charge in [0.05, 0.1) is 18.1 Å². The SMILES string of the molecule is O=c1c2cnn(-c3ccccc3)c2ncn1/N=C/c1ccc(OCc2ccccc2)cc1. The van der Waals surface area contributed by atoms with Crippen LogP contribution in [-0.2, 0) is 6.61 Å². The minimum Gasteiger partial charge on any atom is -0.489 e. The Balaban J connectivity index is 1.32. The number of fused-ring (bicyclic) bond motifs is 1. The molecule has 0 atom stereocenters. The van der Waals surface area contributed by atoms with E-state index >= 15 is 0 Å². The summed E-state index contributed by atoms with van der Waals surface area (Å²) in [5.41, 5.74) is 2.99. The lowest BCUT2D eigenvalue weighted by molar-refractivity contribution is 0.306. The summed E-state index contributed by atoms with van der Waals surface area (Å²) >= 11 is 0. The predicted molar refractivity (Wildman–Crippen MR) is 123 cm³/mol. The average Bonchev–Trinajstić information content (AvgIpc) is 3.29. The molecule has 0 aliphatic heterocycles. The summed E-state index contributed by atoms with van der Waals surface area (Å²) in [6.45, 7) is 0.506. The van der Waals surface area contributed by atoms with Gasteiger partial charge in [-0.05, 0) is 47.5 Å². The molecule has 0 radical (unpaired) electrons. The molecule has 0 N–H and O–H groups in total. The Morgan fingerprint density at radius 3 is 2.38 bits per heavy atom. The molecule has 0 saturated carbocycles. The molecule has 0 aliphatic rings. The van der Waals surface area contributed by atoms with E-state index < -0.39 is 0 Å². The summed E-state index contributed by atoms with van der Waals surface area (Å²) in [4.78, 5) is 17.2. The van der Waals surface area contributed by atoms with Gasteiger partial charge in [0.25, 0.3) is 5.56 Å². The second-order valence-electron chi connectivity index (χ2n) is 7.11. The summed E-state index contributed by atoms with van der Waals surface area (Å²) in [7, 11) is 0. The van der Waals surface area contributed by atoms with Gasteiger partial charge >= 0.3 is 0 Å². The molecule has 2 heterocycles. The maximum absolute atomic E-state index is 12.8. The van der Waals surface area contributed by atoms with Crippen molar-refractivity contribution < 1.29 is 4.74 Å². The van der Waals surface area contributed by atoms with Gasteiger partial charge in [-0.25, -0.2) is 9.67 Å². The van der Waals surface area contributed by atoms with E-state index in [0.29, 0.717) is 17.6 Å². The number of rotatable bonds is 6. The van der Waals surface area contributed by atoms with Gasteiger partial charge in [0.15, 0.2) is 5.65 Å². The van der Waals surface area contributed by atoms with Crippen LogP contribution in [0.3, 0.4) is 0 Å². The summed E-state index contributed by atoms with van der Waals surface area (Å²) < 4.78 is 8.64. The van der Waals surface area contributed by atoms with Crippen molar-refractivity contribution in [1.29, 1.82) is 0 Å². The van der Waals surface area contributed by atoms with Crippen molar-refractivity contribution in [2.45, 2.75) is 6.61 Å². The molecule has 7 heteroatoms. The average molecular weight is 421 g/mol. The molecule has 0 fully saturated rings. The van der Waals surface area contributed by atoms with Crippen LogP contribution in [-0.4, -0.2) is 25.7 Å². The molecule has 0 bridgehead atoms. The number of hydrogen-bond donors (Lipinski definition) is 0. The van der Waals surface area contributed by atoms with E-state index in [1.165, 1.54) is 17.2 Å². The summed E-state index contributed by atoms with van der Waals surface area (Å²) in [6.07, 6.45) is 4.53. The molecule has 5 aromatic rings. The van der Waals surface area contributed by atoms with Gasteiger partial charge < -0.3 is 4.74 Å². The van der Waals surface area contributed by atoms with Crippen LogP contribution in [0.15, 0.2) is 107 Å². The predicted octanol–water partition coefficient (Wildman–Crippen LogP) is 4.04. The molecule has 32 heavy (non-hydrogen) atoms. The zero-order valence-electron chi connectivity index (χ0n) is 17.1. The fourth-order valence-electron chi connectivity index (χ4n) is 3.26. The first-order valence-corrected chi connectivity index (χ1v) is 10.1. The lowest BCUT2D eigenvalue weighted by atomic mass is 10.2. The third-order valence-corrected chi connectivity index (χ3v) is 4.93. The Morgan fingerprint density at radius 2 is 1.62 bits per heavy atom. The van der Waals surface area contributed by atoms with Gasteiger partial charge in [-0.15, -0.1) is 0 Å². The maximum atomic E-state index is 12.8. The first-order chi connectivity index (χ1) is 15.8. The standard InChI is InChI=1S/C25H19N5O2/c31-25-23-16-28-30(21-9-5-2-6-10-21)24(23)26-18-29(25)27-15-19-11-13-22(14-12-19)32-17-20-7-3-1-4-8-20/h1-16,18H,17H2/b27-15+. The Bertz CT molecular complexity index is 1420. The minimum absolute atomic E-state index is 0.281. The first-order valence-electron chi connectivity index (χ1n) is 10.1. The molecule has 0 amide bonds. The molecule has 0 saturated heterocycles. The molecule has 2 aromatic heterocycles. The zero-order chi connectivity index (χ0) is 21.8. The largest absolute Gasteiger partial charge is 0.489 e. The van der Waals surface area contributed by atoms with E-state index in [0.717, 1.165) is 22.6 Å². The highest BCUT2D eigenvalue weighted by Crippen LogP contribution is 2.14. The third kappa shape index (κ3) is 4.04. The lowest BCUT2D eigenvalue weighted by Crippen LogP contribution is -2.17. The molecular formula is C25H19N5O2. The maximum Gasteiger partial charge on any atom is 0.285 e. The van der Waals surface area contributed by atoms with Crippen LogP contribution in [0.5, 0.6) is 5.75 Å². The number of aromatic nitrogens is 4. The quantitative estimate of drug-likeness (QED) is 0.388. The van der Waals surface area contributed by atoms with Crippen molar-refractivity contribution in [2.24, 2.45) is 5.10 Å². The van der Waals surface area contributed by atoms with E-state index in [4.69, 9.17) is 4.74 Å². The van der Waals surface area contributed by atoms with Crippen molar-refractivity contribution in [3.63, 3.8) is 0 Å². The van der Waals surface area contributed by atoms with Crippen LogP contribution in [0.1, 0.15) is 11.1 Å².